The third-order valence-electron chi connectivity index (χ3n) is 2.72. The van der Waals surface area contributed by atoms with Crippen LogP contribution in [0.1, 0.15) is 22.4 Å². The lowest BCUT2D eigenvalue weighted by molar-refractivity contribution is -0.137. The lowest BCUT2D eigenvalue weighted by Gasteiger charge is -2.23. The number of alkyl halides is 3. The van der Waals surface area contributed by atoms with Gasteiger partial charge in [-0.1, -0.05) is 0 Å². The average Bonchev–Trinajstić information content (AvgIpc) is 2.76. The fourth-order valence-electron chi connectivity index (χ4n) is 1.64. The summed E-state index contributed by atoms with van der Waals surface area (Å²) in [6.07, 6.45) is -3.61. The Kier molecular flexibility index (Phi) is 3.55. The van der Waals surface area contributed by atoms with Crippen LogP contribution in [0, 0.1) is 11.6 Å². The van der Waals surface area contributed by atoms with Crippen molar-refractivity contribution < 1.29 is 22.0 Å². The van der Waals surface area contributed by atoms with Crippen LogP contribution in [0.25, 0.3) is 0 Å². The Hall–Kier alpha value is -1.54. The number of aromatic nitrogens is 1. The molecule has 1 aromatic carbocycles. The maximum Gasteiger partial charge on any atom is 0.443 e. The molecule has 1 unspecified atom stereocenters. The summed E-state index contributed by atoms with van der Waals surface area (Å²) in [5.74, 6) is -1.70. The number of halogens is 5. The molecule has 2 nitrogen and oxygen atoms in total. The van der Waals surface area contributed by atoms with Gasteiger partial charge in [-0.15, -0.1) is 11.3 Å². The molecule has 1 atom stereocenters. The Morgan fingerprint density at radius 1 is 1.10 bits per heavy atom. The Balaban J connectivity index is 2.46. The van der Waals surface area contributed by atoms with Crippen molar-refractivity contribution in [1.82, 2.24) is 4.98 Å². The Morgan fingerprint density at radius 3 is 2.10 bits per heavy atom. The second-order valence-electron chi connectivity index (χ2n) is 4.39. The van der Waals surface area contributed by atoms with E-state index in [1.54, 1.807) is 0 Å². The van der Waals surface area contributed by atoms with E-state index in [1.807, 2.05) is 0 Å². The summed E-state index contributed by atoms with van der Waals surface area (Å²) < 4.78 is 63.9. The molecule has 0 fully saturated rings. The largest absolute Gasteiger partial charge is 0.443 e. The molecular formula is C12H9F5N2S. The Morgan fingerprint density at radius 2 is 1.65 bits per heavy atom. The van der Waals surface area contributed by atoms with Gasteiger partial charge in [-0.3, -0.25) is 0 Å². The van der Waals surface area contributed by atoms with E-state index in [0.717, 1.165) is 18.3 Å². The van der Waals surface area contributed by atoms with Crippen LogP contribution in [0.2, 0.25) is 0 Å². The minimum Gasteiger partial charge on any atom is -0.317 e. The van der Waals surface area contributed by atoms with Gasteiger partial charge >= 0.3 is 6.18 Å². The van der Waals surface area contributed by atoms with Crippen LogP contribution in [0.15, 0.2) is 24.4 Å². The monoisotopic (exact) mass is 308 g/mol. The predicted octanol–water partition coefficient (Wildman–Crippen LogP) is 3.66. The second kappa shape index (κ2) is 4.78. The normalized spacial score (nSPS) is 15.2. The predicted molar refractivity (Wildman–Crippen MR) is 64.1 cm³/mol. The number of hydrogen-bond acceptors (Lipinski definition) is 3. The summed E-state index contributed by atoms with van der Waals surface area (Å²) in [5.41, 5.74) is 4.49. The lowest BCUT2D eigenvalue weighted by Crippen LogP contribution is -2.33. The highest BCUT2D eigenvalue weighted by Crippen LogP contribution is 2.37. The molecule has 1 heterocycles. The molecule has 0 aliphatic heterocycles. The standard InChI is InChI=1S/C12H9F5N2S/c1-11(18,6-2-7(13)4-8(14)3-6)9-5-19-10(20-9)12(15,16)17/h2-5H,18H2,1H3. The van der Waals surface area contributed by atoms with Crippen LogP contribution in [-0.4, -0.2) is 4.98 Å². The van der Waals surface area contributed by atoms with Crippen molar-refractivity contribution >= 4 is 11.3 Å². The number of benzene rings is 1. The molecule has 0 spiro atoms. The number of rotatable bonds is 2. The molecule has 0 amide bonds. The van der Waals surface area contributed by atoms with Gasteiger partial charge in [0.2, 0.25) is 0 Å². The molecule has 0 radical (unpaired) electrons. The molecule has 0 aliphatic rings. The highest BCUT2D eigenvalue weighted by atomic mass is 32.1. The van der Waals surface area contributed by atoms with E-state index in [1.165, 1.54) is 6.92 Å². The van der Waals surface area contributed by atoms with E-state index in [0.29, 0.717) is 17.4 Å². The molecule has 0 saturated heterocycles. The molecule has 2 aromatic rings. The van der Waals surface area contributed by atoms with E-state index < -0.39 is 28.4 Å². The fourth-order valence-corrected chi connectivity index (χ4v) is 2.51. The van der Waals surface area contributed by atoms with Gasteiger partial charge in [0, 0.05) is 17.1 Å². The van der Waals surface area contributed by atoms with Gasteiger partial charge in [0.05, 0.1) is 5.54 Å². The van der Waals surface area contributed by atoms with Crippen molar-refractivity contribution in [2.75, 3.05) is 0 Å². The smallest absolute Gasteiger partial charge is 0.317 e. The summed E-state index contributed by atoms with van der Waals surface area (Å²) in [5, 5.41) is -1.05. The molecule has 0 bridgehead atoms. The van der Waals surface area contributed by atoms with Gasteiger partial charge < -0.3 is 5.73 Å². The van der Waals surface area contributed by atoms with Crippen molar-refractivity contribution in [1.29, 1.82) is 0 Å². The average molecular weight is 308 g/mol. The SMILES string of the molecule is CC(N)(c1cc(F)cc(F)c1)c1cnc(C(F)(F)F)s1. The van der Waals surface area contributed by atoms with Gasteiger partial charge in [0.1, 0.15) is 11.6 Å². The molecular weight excluding hydrogens is 299 g/mol. The highest BCUT2D eigenvalue weighted by molar-refractivity contribution is 7.11. The Bertz CT molecular complexity index is 613. The summed E-state index contributed by atoms with van der Waals surface area (Å²) in [7, 11) is 0. The van der Waals surface area contributed by atoms with Crippen molar-refractivity contribution in [3.8, 4) is 0 Å². The summed E-state index contributed by atoms with van der Waals surface area (Å²) in [4.78, 5) is 3.31. The summed E-state index contributed by atoms with van der Waals surface area (Å²) >= 11 is 0.347. The first-order valence-corrected chi connectivity index (χ1v) is 6.21. The minimum absolute atomic E-state index is 0.0346. The third kappa shape index (κ3) is 2.80. The number of nitrogens with two attached hydrogens (primary N) is 1. The fraction of sp³-hybridized carbons (Fsp3) is 0.250. The highest BCUT2D eigenvalue weighted by Gasteiger charge is 2.37. The van der Waals surface area contributed by atoms with Crippen molar-refractivity contribution in [3.05, 3.63) is 51.5 Å². The van der Waals surface area contributed by atoms with Gasteiger partial charge in [0.15, 0.2) is 5.01 Å². The van der Waals surface area contributed by atoms with Crippen LogP contribution in [-0.2, 0) is 11.7 Å². The number of thiazole rings is 1. The number of nitrogens with zero attached hydrogens (tertiary/aromatic N) is 1. The third-order valence-corrected chi connectivity index (χ3v) is 4.00. The Labute approximate surface area is 115 Å². The quantitative estimate of drug-likeness (QED) is 0.860. The first-order chi connectivity index (χ1) is 9.10. The van der Waals surface area contributed by atoms with Crippen LogP contribution in [0.5, 0.6) is 0 Å². The summed E-state index contributed by atoms with van der Waals surface area (Å²) in [6.45, 7) is 1.37. The van der Waals surface area contributed by atoms with Crippen molar-refractivity contribution in [2.24, 2.45) is 5.73 Å². The molecule has 1 aromatic heterocycles. The molecule has 20 heavy (non-hydrogen) atoms. The lowest BCUT2D eigenvalue weighted by atomic mass is 9.92. The van der Waals surface area contributed by atoms with Gasteiger partial charge in [0.25, 0.3) is 0 Å². The zero-order chi connectivity index (χ0) is 15.1. The van der Waals surface area contributed by atoms with E-state index in [-0.39, 0.29) is 10.4 Å². The molecule has 0 aliphatic carbocycles. The topological polar surface area (TPSA) is 38.9 Å². The van der Waals surface area contributed by atoms with Crippen molar-refractivity contribution in [2.45, 2.75) is 18.6 Å². The van der Waals surface area contributed by atoms with Crippen LogP contribution < -0.4 is 5.73 Å². The van der Waals surface area contributed by atoms with Crippen LogP contribution >= 0.6 is 11.3 Å². The van der Waals surface area contributed by atoms with Crippen LogP contribution in [0.4, 0.5) is 22.0 Å². The molecule has 2 rings (SSSR count). The molecule has 2 N–H and O–H groups in total. The first-order valence-electron chi connectivity index (χ1n) is 5.39. The molecule has 8 heteroatoms. The molecule has 0 saturated carbocycles. The van der Waals surface area contributed by atoms with Gasteiger partial charge in [-0.05, 0) is 24.6 Å². The van der Waals surface area contributed by atoms with Crippen molar-refractivity contribution in [3.63, 3.8) is 0 Å². The maximum absolute atomic E-state index is 13.2. The van der Waals surface area contributed by atoms with Crippen LogP contribution in [0.3, 0.4) is 0 Å². The first kappa shape index (κ1) is 14.9. The number of hydrogen-bond donors (Lipinski definition) is 1. The van der Waals surface area contributed by atoms with E-state index in [9.17, 15) is 22.0 Å². The second-order valence-corrected chi connectivity index (χ2v) is 5.42. The zero-order valence-electron chi connectivity index (χ0n) is 10.1. The minimum atomic E-state index is -4.58. The van der Waals surface area contributed by atoms with E-state index in [4.69, 9.17) is 5.73 Å². The van der Waals surface area contributed by atoms with Gasteiger partial charge in [-0.2, -0.15) is 13.2 Å². The van der Waals surface area contributed by atoms with E-state index in [2.05, 4.69) is 4.98 Å². The zero-order valence-corrected chi connectivity index (χ0v) is 10.9. The van der Waals surface area contributed by atoms with Gasteiger partial charge in [-0.25, -0.2) is 13.8 Å². The summed E-state index contributed by atoms with van der Waals surface area (Å²) in [6, 6.07) is 2.62. The van der Waals surface area contributed by atoms with E-state index >= 15 is 0 Å². The maximum atomic E-state index is 13.2. The molecule has 108 valence electrons.